The number of hydrogen-bond acceptors (Lipinski definition) is 6. The fourth-order valence-corrected chi connectivity index (χ4v) is 4.85. The van der Waals surface area contributed by atoms with E-state index < -0.39 is 23.1 Å². The zero-order valence-corrected chi connectivity index (χ0v) is 16.6. The van der Waals surface area contributed by atoms with Crippen molar-refractivity contribution in [2.45, 2.75) is 6.18 Å². The van der Waals surface area contributed by atoms with Crippen molar-refractivity contribution in [3.05, 3.63) is 62.2 Å². The Hall–Kier alpha value is -2.92. The molecule has 4 aromatic rings. The normalized spacial score (nSPS) is 11.9. The quantitative estimate of drug-likeness (QED) is 0.486. The molecule has 0 aliphatic carbocycles. The lowest BCUT2D eigenvalue weighted by molar-refractivity contribution is -0.144. The molecule has 0 N–H and O–H groups in total. The summed E-state index contributed by atoms with van der Waals surface area (Å²) in [5.74, 6) is 0.661. The van der Waals surface area contributed by atoms with Crippen LogP contribution < -0.4 is 16.0 Å². The lowest BCUT2D eigenvalue weighted by Crippen LogP contribution is -2.40. The van der Waals surface area contributed by atoms with E-state index in [1.54, 1.807) is 19.2 Å². The first-order valence-electron chi connectivity index (χ1n) is 8.14. The van der Waals surface area contributed by atoms with Crippen LogP contribution in [0.1, 0.15) is 5.69 Å². The molecule has 1 aromatic carbocycles. The number of aromatic nitrogens is 3. The summed E-state index contributed by atoms with van der Waals surface area (Å²) in [6.45, 7) is 0. The number of fused-ring (bicyclic) bond motifs is 1. The molecule has 0 aliphatic heterocycles. The average Bonchev–Trinajstić information content (AvgIpc) is 3.29. The fraction of sp³-hybridized carbons (Fsp3) is 0.167. The SMILES string of the molecule is COc1ccsc1-c1snc2ccc(-n3c(=O)cc(C(F)(F)F)n(C)c3=O)cc12. The molecule has 150 valence electrons. The van der Waals surface area contributed by atoms with Crippen molar-refractivity contribution in [1.82, 2.24) is 13.5 Å². The Morgan fingerprint density at radius 3 is 2.55 bits per heavy atom. The molecule has 0 unspecified atom stereocenters. The Bertz CT molecular complexity index is 1350. The van der Waals surface area contributed by atoms with Crippen LogP contribution in [0.2, 0.25) is 0 Å². The van der Waals surface area contributed by atoms with Gasteiger partial charge in [0.2, 0.25) is 0 Å². The van der Waals surface area contributed by atoms with E-state index in [0.29, 0.717) is 31.9 Å². The van der Waals surface area contributed by atoms with E-state index in [1.165, 1.54) is 28.9 Å². The summed E-state index contributed by atoms with van der Waals surface area (Å²) in [5.41, 5.74) is -2.64. The number of halogens is 3. The molecule has 3 aromatic heterocycles. The van der Waals surface area contributed by atoms with Gasteiger partial charge in [0, 0.05) is 18.5 Å². The van der Waals surface area contributed by atoms with Crippen molar-refractivity contribution < 1.29 is 17.9 Å². The van der Waals surface area contributed by atoms with E-state index in [0.717, 1.165) is 16.8 Å². The highest BCUT2D eigenvalue weighted by molar-refractivity contribution is 7.20. The van der Waals surface area contributed by atoms with Gasteiger partial charge in [0.1, 0.15) is 11.4 Å². The molecule has 11 heteroatoms. The van der Waals surface area contributed by atoms with Crippen molar-refractivity contribution in [3.8, 4) is 21.2 Å². The highest BCUT2D eigenvalue weighted by Crippen LogP contribution is 2.42. The second-order valence-corrected chi connectivity index (χ2v) is 7.76. The monoisotopic (exact) mass is 439 g/mol. The molecule has 29 heavy (non-hydrogen) atoms. The summed E-state index contributed by atoms with van der Waals surface area (Å²) in [7, 11) is 2.53. The standard InChI is InChI=1S/C18H12F3N3O3S2/c1-23-13(18(19,20)21)8-14(25)24(17(23)26)9-3-4-11-10(7-9)15(29-22-11)16-12(27-2)5-6-28-16/h3-8H,1-2H3. The maximum Gasteiger partial charge on any atom is 0.431 e. The average molecular weight is 439 g/mol. The van der Waals surface area contributed by atoms with Gasteiger partial charge in [-0.05, 0) is 41.2 Å². The van der Waals surface area contributed by atoms with E-state index in [-0.39, 0.29) is 5.69 Å². The van der Waals surface area contributed by atoms with E-state index in [9.17, 15) is 22.8 Å². The van der Waals surface area contributed by atoms with Crippen LogP contribution in [0, 0.1) is 0 Å². The molecule has 0 atom stereocenters. The zero-order chi connectivity index (χ0) is 20.9. The minimum absolute atomic E-state index is 0.161. The minimum atomic E-state index is -4.81. The molecule has 0 saturated heterocycles. The number of nitrogens with zero attached hydrogens (tertiary/aromatic N) is 3. The molecular weight excluding hydrogens is 427 g/mol. The molecule has 0 bridgehead atoms. The van der Waals surface area contributed by atoms with E-state index >= 15 is 0 Å². The molecule has 0 spiro atoms. The van der Waals surface area contributed by atoms with Crippen LogP contribution in [0.4, 0.5) is 13.2 Å². The van der Waals surface area contributed by atoms with Gasteiger partial charge in [-0.2, -0.15) is 17.5 Å². The number of thiophene rings is 1. The summed E-state index contributed by atoms with van der Waals surface area (Å²) >= 11 is 2.68. The van der Waals surface area contributed by atoms with Crippen LogP contribution in [0.3, 0.4) is 0 Å². The molecule has 0 radical (unpaired) electrons. The van der Waals surface area contributed by atoms with Crippen molar-refractivity contribution in [3.63, 3.8) is 0 Å². The van der Waals surface area contributed by atoms with Crippen LogP contribution >= 0.6 is 22.9 Å². The first kappa shape index (κ1) is 19.4. The lowest BCUT2D eigenvalue weighted by Gasteiger charge is -2.14. The fourth-order valence-electron chi connectivity index (χ4n) is 2.99. The second kappa shape index (κ2) is 6.85. The van der Waals surface area contributed by atoms with Crippen LogP contribution in [0.25, 0.3) is 26.3 Å². The van der Waals surface area contributed by atoms with Gasteiger partial charge < -0.3 is 4.74 Å². The van der Waals surface area contributed by atoms with E-state index in [4.69, 9.17) is 4.74 Å². The van der Waals surface area contributed by atoms with Crippen molar-refractivity contribution in [2.75, 3.05) is 7.11 Å². The van der Waals surface area contributed by atoms with Crippen molar-refractivity contribution in [1.29, 1.82) is 0 Å². The lowest BCUT2D eigenvalue weighted by atomic mass is 10.1. The minimum Gasteiger partial charge on any atom is -0.495 e. The Kier molecular flexibility index (Phi) is 4.58. The van der Waals surface area contributed by atoms with Gasteiger partial charge in [0.25, 0.3) is 5.56 Å². The Labute approximate surface area is 169 Å². The highest BCUT2D eigenvalue weighted by Gasteiger charge is 2.35. The predicted molar refractivity (Wildman–Crippen MR) is 105 cm³/mol. The predicted octanol–water partition coefficient (Wildman–Crippen LogP) is 3.90. The summed E-state index contributed by atoms with van der Waals surface area (Å²) in [4.78, 5) is 26.5. The van der Waals surface area contributed by atoms with Crippen LogP contribution in [-0.2, 0) is 13.2 Å². The van der Waals surface area contributed by atoms with Crippen LogP contribution in [0.15, 0.2) is 45.3 Å². The first-order valence-corrected chi connectivity index (χ1v) is 9.79. The third-order valence-corrected chi connectivity index (χ3v) is 6.32. The van der Waals surface area contributed by atoms with Gasteiger partial charge >= 0.3 is 11.9 Å². The molecule has 3 heterocycles. The molecule has 0 saturated carbocycles. The summed E-state index contributed by atoms with van der Waals surface area (Å²) in [6, 6.07) is 6.90. The third kappa shape index (κ3) is 3.15. The number of benzene rings is 1. The number of hydrogen-bond donors (Lipinski definition) is 0. The molecule has 0 amide bonds. The molecule has 4 rings (SSSR count). The zero-order valence-electron chi connectivity index (χ0n) is 15.0. The van der Waals surface area contributed by atoms with Gasteiger partial charge in [0.05, 0.1) is 28.1 Å². The number of methoxy groups -OCH3 is 1. The topological polar surface area (TPSA) is 66.1 Å². The number of rotatable bonds is 3. The largest absolute Gasteiger partial charge is 0.495 e. The van der Waals surface area contributed by atoms with Crippen molar-refractivity contribution >= 4 is 33.8 Å². The Balaban J connectivity index is 1.95. The molecule has 0 fully saturated rings. The smallest absolute Gasteiger partial charge is 0.431 e. The number of ether oxygens (including phenoxy) is 1. The maximum atomic E-state index is 13.1. The van der Waals surface area contributed by atoms with Gasteiger partial charge in [-0.15, -0.1) is 11.3 Å². The van der Waals surface area contributed by atoms with Crippen molar-refractivity contribution in [2.24, 2.45) is 7.05 Å². The number of alkyl halides is 3. The summed E-state index contributed by atoms with van der Waals surface area (Å²) in [6.07, 6.45) is -4.81. The third-order valence-electron chi connectivity index (χ3n) is 4.38. The van der Waals surface area contributed by atoms with E-state index in [2.05, 4.69) is 4.37 Å². The van der Waals surface area contributed by atoms with Gasteiger partial charge in [-0.1, -0.05) is 0 Å². The first-order chi connectivity index (χ1) is 13.7. The Morgan fingerprint density at radius 2 is 1.86 bits per heavy atom. The van der Waals surface area contributed by atoms with Gasteiger partial charge in [-0.3, -0.25) is 9.36 Å². The second-order valence-electron chi connectivity index (χ2n) is 6.07. The summed E-state index contributed by atoms with van der Waals surface area (Å²) in [5, 5.41) is 2.53. The highest BCUT2D eigenvalue weighted by atomic mass is 32.1. The molecule has 6 nitrogen and oxygen atoms in total. The van der Waals surface area contributed by atoms with Crippen LogP contribution in [-0.4, -0.2) is 20.6 Å². The summed E-state index contributed by atoms with van der Waals surface area (Å²) < 4.78 is 50.0. The van der Waals surface area contributed by atoms with Crippen LogP contribution in [0.5, 0.6) is 5.75 Å². The molecule has 0 aliphatic rings. The maximum absolute atomic E-state index is 13.1. The van der Waals surface area contributed by atoms with Gasteiger partial charge in [0.15, 0.2) is 0 Å². The van der Waals surface area contributed by atoms with Gasteiger partial charge in [-0.25, -0.2) is 9.36 Å². The molecular formula is C18H12F3N3O3S2. The Morgan fingerprint density at radius 1 is 1.10 bits per heavy atom. The van der Waals surface area contributed by atoms with E-state index in [1.807, 2.05) is 11.4 Å².